The normalized spacial score (nSPS) is 25.4. The molecule has 0 amide bonds. The highest BCUT2D eigenvalue weighted by Crippen LogP contribution is 2.42. The summed E-state index contributed by atoms with van der Waals surface area (Å²) in [6, 6.07) is 0.759. The summed E-state index contributed by atoms with van der Waals surface area (Å²) < 4.78 is 0. The van der Waals surface area contributed by atoms with E-state index >= 15 is 0 Å². The van der Waals surface area contributed by atoms with Crippen LogP contribution in [-0.4, -0.2) is 66.4 Å². The van der Waals surface area contributed by atoms with E-state index in [1.54, 1.807) is 11.8 Å². The van der Waals surface area contributed by atoms with Crippen LogP contribution < -0.4 is 15.5 Å². The molecule has 0 aromatic carbocycles. The van der Waals surface area contributed by atoms with Gasteiger partial charge in [0, 0.05) is 55.2 Å². The van der Waals surface area contributed by atoms with E-state index in [0.717, 1.165) is 38.1 Å². The van der Waals surface area contributed by atoms with Crippen molar-refractivity contribution in [1.82, 2.24) is 14.9 Å². The predicted octanol–water partition coefficient (Wildman–Crippen LogP) is 3.57. The predicted molar refractivity (Wildman–Crippen MR) is 128 cm³/mol. The van der Waals surface area contributed by atoms with Crippen molar-refractivity contribution in [3.63, 3.8) is 0 Å². The molecule has 2 aromatic rings. The average Bonchev–Trinajstić information content (AvgIpc) is 3.39. The van der Waals surface area contributed by atoms with Gasteiger partial charge in [-0.2, -0.15) is 0 Å². The first kappa shape index (κ1) is 20.0. The number of H-pyrrole nitrogens is 1. The van der Waals surface area contributed by atoms with Gasteiger partial charge in [-0.25, -0.2) is 4.98 Å². The third kappa shape index (κ3) is 3.53. The molecule has 0 bridgehead atoms. The Hall–Kier alpha value is -1.96. The van der Waals surface area contributed by atoms with Crippen molar-refractivity contribution < 1.29 is 0 Å². The number of piperidine rings is 1. The van der Waals surface area contributed by atoms with Crippen molar-refractivity contribution in [2.24, 2.45) is 5.73 Å². The number of rotatable bonds is 4. The van der Waals surface area contributed by atoms with Crippen molar-refractivity contribution in [2.45, 2.75) is 42.7 Å². The maximum absolute atomic E-state index is 6.35. The number of fused-ring (bicyclic) bond motifs is 1. The first-order chi connectivity index (χ1) is 14.7. The summed E-state index contributed by atoms with van der Waals surface area (Å²) in [7, 11) is 2.24. The maximum atomic E-state index is 6.35. The van der Waals surface area contributed by atoms with Crippen LogP contribution in [0.1, 0.15) is 25.7 Å². The fourth-order valence-corrected chi connectivity index (χ4v) is 5.81. The van der Waals surface area contributed by atoms with E-state index in [-0.39, 0.29) is 6.04 Å². The molecule has 1 unspecified atom stereocenters. The lowest BCUT2D eigenvalue weighted by Gasteiger charge is -2.35. The van der Waals surface area contributed by atoms with Gasteiger partial charge in [-0.05, 0) is 51.1 Å². The second-order valence-electron chi connectivity index (χ2n) is 8.74. The number of hydrogen-bond donors (Lipinski definition) is 2. The molecule has 0 radical (unpaired) electrons. The Morgan fingerprint density at radius 1 is 1.23 bits per heavy atom. The fourth-order valence-electron chi connectivity index (χ4n) is 5.22. The summed E-state index contributed by atoms with van der Waals surface area (Å²) in [5, 5.41) is 1.22. The van der Waals surface area contributed by atoms with Crippen LogP contribution in [0.25, 0.3) is 11.0 Å². The van der Waals surface area contributed by atoms with Gasteiger partial charge in [-0.3, -0.25) is 4.90 Å². The third-order valence-electron chi connectivity index (χ3n) is 6.75. The molecule has 2 fully saturated rings. The molecule has 160 valence electrons. The Kier molecular flexibility index (Phi) is 5.52. The number of aromatic amines is 1. The van der Waals surface area contributed by atoms with Gasteiger partial charge in [0.2, 0.25) is 0 Å². The lowest BCUT2D eigenvalue weighted by atomic mass is 10.0. The second kappa shape index (κ2) is 8.29. The van der Waals surface area contributed by atoms with E-state index in [2.05, 4.69) is 57.5 Å². The van der Waals surface area contributed by atoms with Gasteiger partial charge in [0.15, 0.2) is 0 Å². The zero-order valence-corrected chi connectivity index (χ0v) is 18.8. The molecule has 2 aromatic heterocycles. The van der Waals surface area contributed by atoms with Gasteiger partial charge in [0.05, 0.1) is 16.8 Å². The highest BCUT2D eigenvalue weighted by molar-refractivity contribution is 7.98. The fraction of sp³-hybridized carbons (Fsp3) is 0.522. The molecule has 3 aliphatic heterocycles. The number of likely N-dealkylation sites (N-methyl/N-ethyl adjacent to an activating group) is 1. The molecule has 5 heterocycles. The summed E-state index contributed by atoms with van der Waals surface area (Å²) in [5.41, 5.74) is 11.2. The first-order valence-electron chi connectivity index (χ1n) is 11.1. The zero-order chi connectivity index (χ0) is 20.7. The molecule has 3 N–H and O–H groups in total. The number of anilines is 2. The Bertz CT molecular complexity index is 979. The van der Waals surface area contributed by atoms with Gasteiger partial charge < -0.3 is 20.5 Å². The van der Waals surface area contributed by atoms with E-state index in [0.29, 0.717) is 6.04 Å². The SMILES string of the molecule is CSc1cnc2[nH]cc(N3C=C([C@H]4CCCN4C)C=CC3)c2c1N1CCCC(N)C1. The van der Waals surface area contributed by atoms with Crippen LogP contribution in [0.3, 0.4) is 0 Å². The Balaban J connectivity index is 1.58. The molecule has 7 heteroatoms. The molecular formula is C23H32N6S. The minimum absolute atomic E-state index is 0.237. The number of likely N-dealkylation sites (tertiary alicyclic amines) is 1. The topological polar surface area (TPSA) is 64.4 Å². The number of hydrogen-bond acceptors (Lipinski definition) is 6. The van der Waals surface area contributed by atoms with E-state index in [1.165, 1.54) is 46.6 Å². The number of pyridine rings is 1. The van der Waals surface area contributed by atoms with Gasteiger partial charge in [-0.15, -0.1) is 11.8 Å². The minimum atomic E-state index is 0.237. The maximum Gasteiger partial charge on any atom is 0.141 e. The summed E-state index contributed by atoms with van der Waals surface area (Å²) in [5.74, 6) is 0. The van der Waals surface area contributed by atoms with Gasteiger partial charge in [0.25, 0.3) is 0 Å². The highest BCUT2D eigenvalue weighted by Gasteiger charge is 2.28. The van der Waals surface area contributed by atoms with Crippen molar-refractivity contribution in [1.29, 1.82) is 0 Å². The van der Waals surface area contributed by atoms with Crippen LogP contribution in [0.5, 0.6) is 0 Å². The number of nitrogens with one attached hydrogen (secondary N) is 1. The molecule has 0 spiro atoms. The van der Waals surface area contributed by atoms with Crippen molar-refractivity contribution in [3.05, 3.63) is 36.3 Å². The van der Waals surface area contributed by atoms with E-state index in [1.807, 2.05) is 6.20 Å². The van der Waals surface area contributed by atoms with Gasteiger partial charge in [-0.1, -0.05) is 12.2 Å². The number of aromatic nitrogens is 2. The number of thioether (sulfide) groups is 1. The average molecular weight is 425 g/mol. The van der Waals surface area contributed by atoms with E-state index in [4.69, 9.17) is 10.7 Å². The smallest absolute Gasteiger partial charge is 0.141 e. The van der Waals surface area contributed by atoms with Crippen LogP contribution in [0.4, 0.5) is 11.4 Å². The van der Waals surface area contributed by atoms with Gasteiger partial charge >= 0.3 is 0 Å². The Labute approximate surface area is 183 Å². The quantitative estimate of drug-likeness (QED) is 0.732. The standard InChI is InChI=1S/C23H32N6S/c1-27-9-5-8-18(27)16-6-3-10-28(14-16)19-12-25-23-21(19)22(20(30-2)13-26-23)29-11-4-7-17(24)15-29/h3,6,12-14,17-18H,4-5,7-11,15,24H2,1-2H3,(H,25,26)/t17?,18-/m1/s1. The largest absolute Gasteiger partial charge is 0.368 e. The zero-order valence-electron chi connectivity index (χ0n) is 18.0. The van der Waals surface area contributed by atoms with Crippen molar-refractivity contribution in [2.75, 3.05) is 49.3 Å². The monoisotopic (exact) mass is 424 g/mol. The summed E-state index contributed by atoms with van der Waals surface area (Å²) in [4.78, 5) is 16.8. The van der Waals surface area contributed by atoms with E-state index < -0.39 is 0 Å². The Morgan fingerprint density at radius 2 is 2.10 bits per heavy atom. The van der Waals surface area contributed by atoms with Gasteiger partial charge in [0.1, 0.15) is 5.65 Å². The summed E-state index contributed by atoms with van der Waals surface area (Å²) in [6.07, 6.45) is 18.0. The minimum Gasteiger partial charge on any atom is -0.368 e. The summed E-state index contributed by atoms with van der Waals surface area (Å²) >= 11 is 1.77. The molecule has 2 saturated heterocycles. The van der Waals surface area contributed by atoms with Crippen LogP contribution in [0, 0.1) is 0 Å². The molecule has 3 aliphatic rings. The molecule has 6 nitrogen and oxygen atoms in total. The van der Waals surface area contributed by atoms with Crippen LogP contribution in [0.2, 0.25) is 0 Å². The molecule has 2 atom stereocenters. The lowest BCUT2D eigenvalue weighted by molar-refractivity contribution is 0.348. The molecule has 0 aliphatic carbocycles. The Morgan fingerprint density at radius 3 is 2.87 bits per heavy atom. The summed E-state index contributed by atoms with van der Waals surface area (Å²) in [6.45, 7) is 4.03. The number of nitrogens with zero attached hydrogens (tertiary/aromatic N) is 4. The van der Waals surface area contributed by atoms with Crippen LogP contribution in [-0.2, 0) is 0 Å². The second-order valence-corrected chi connectivity index (χ2v) is 9.59. The lowest BCUT2D eigenvalue weighted by Crippen LogP contribution is -2.43. The number of nitrogens with two attached hydrogens (primary N) is 1. The van der Waals surface area contributed by atoms with Crippen molar-refractivity contribution in [3.8, 4) is 0 Å². The van der Waals surface area contributed by atoms with Crippen molar-refractivity contribution >= 4 is 34.2 Å². The molecule has 30 heavy (non-hydrogen) atoms. The molecular weight excluding hydrogens is 392 g/mol. The van der Waals surface area contributed by atoms with Crippen LogP contribution in [0.15, 0.2) is 41.2 Å². The third-order valence-corrected chi connectivity index (χ3v) is 7.48. The highest BCUT2D eigenvalue weighted by atomic mass is 32.2. The van der Waals surface area contributed by atoms with E-state index in [9.17, 15) is 0 Å². The first-order valence-corrected chi connectivity index (χ1v) is 12.3. The molecule has 0 saturated carbocycles. The molecule has 5 rings (SSSR count). The van der Waals surface area contributed by atoms with Crippen LogP contribution >= 0.6 is 11.8 Å².